The normalized spacial score (nSPS) is 22.1. The molecule has 0 aromatic rings. The molecule has 1 aliphatic heterocycles. The molecule has 0 saturated carbocycles. The van der Waals surface area contributed by atoms with E-state index in [9.17, 15) is 4.79 Å². The Morgan fingerprint density at radius 1 is 1.77 bits per heavy atom. The van der Waals surface area contributed by atoms with Crippen molar-refractivity contribution in [3.8, 4) is 0 Å². The van der Waals surface area contributed by atoms with Crippen LogP contribution in [0.5, 0.6) is 0 Å². The summed E-state index contributed by atoms with van der Waals surface area (Å²) in [6, 6.07) is 0.333. The number of hydrogen-bond donors (Lipinski definition) is 0. The smallest absolute Gasteiger partial charge is 0.223 e. The summed E-state index contributed by atoms with van der Waals surface area (Å²) in [7, 11) is 0. The zero-order chi connectivity index (χ0) is 9.84. The van der Waals surface area contributed by atoms with Crippen LogP contribution in [0, 0.1) is 0 Å². The van der Waals surface area contributed by atoms with E-state index in [2.05, 4.69) is 29.1 Å². The summed E-state index contributed by atoms with van der Waals surface area (Å²) in [6.07, 6.45) is 4.36. The van der Waals surface area contributed by atoms with Gasteiger partial charge in [-0.15, -0.1) is 6.58 Å². The standard InChI is InChI=1S/C10H14BrNO/c1-3-4-9-5-6-10(13)12(9)7-8(2)11/h3,9H,1-2,4-7H2. The molecule has 0 aromatic heterocycles. The maximum atomic E-state index is 11.4. The molecule has 1 amide bonds. The highest BCUT2D eigenvalue weighted by Crippen LogP contribution is 2.23. The van der Waals surface area contributed by atoms with Crippen LogP contribution in [0.4, 0.5) is 0 Å². The van der Waals surface area contributed by atoms with Crippen molar-refractivity contribution < 1.29 is 4.79 Å². The fraction of sp³-hybridized carbons (Fsp3) is 0.500. The van der Waals surface area contributed by atoms with Gasteiger partial charge < -0.3 is 4.90 Å². The van der Waals surface area contributed by atoms with E-state index in [1.165, 1.54) is 0 Å². The molecule has 1 rings (SSSR count). The van der Waals surface area contributed by atoms with Crippen LogP contribution in [0.3, 0.4) is 0 Å². The lowest BCUT2D eigenvalue weighted by Gasteiger charge is -2.23. The Morgan fingerprint density at radius 3 is 3.00 bits per heavy atom. The number of rotatable bonds is 4. The van der Waals surface area contributed by atoms with Crippen LogP contribution in [-0.2, 0) is 4.79 Å². The summed E-state index contributed by atoms with van der Waals surface area (Å²) in [6.45, 7) is 8.06. The second kappa shape index (κ2) is 4.61. The molecule has 13 heavy (non-hydrogen) atoms. The SMILES string of the molecule is C=CCC1CCC(=O)N1CC(=C)Br. The quantitative estimate of drug-likeness (QED) is 0.695. The van der Waals surface area contributed by atoms with Gasteiger partial charge in [0.15, 0.2) is 0 Å². The fourth-order valence-electron chi connectivity index (χ4n) is 1.63. The number of amides is 1. The Morgan fingerprint density at radius 2 is 2.46 bits per heavy atom. The third kappa shape index (κ3) is 2.69. The minimum atomic E-state index is 0.229. The third-order valence-electron chi connectivity index (χ3n) is 2.23. The predicted octanol–water partition coefficient (Wildman–Crippen LogP) is 2.46. The highest BCUT2D eigenvalue weighted by molar-refractivity contribution is 9.11. The van der Waals surface area contributed by atoms with Gasteiger partial charge in [-0.3, -0.25) is 4.79 Å². The Bertz CT molecular complexity index is 237. The minimum absolute atomic E-state index is 0.229. The zero-order valence-corrected chi connectivity index (χ0v) is 9.22. The maximum Gasteiger partial charge on any atom is 0.223 e. The van der Waals surface area contributed by atoms with Crippen LogP contribution in [0.2, 0.25) is 0 Å². The summed E-state index contributed by atoms with van der Waals surface area (Å²) >= 11 is 3.28. The zero-order valence-electron chi connectivity index (χ0n) is 7.63. The van der Waals surface area contributed by atoms with E-state index >= 15 is 0 Å². The number of carbonyl (C=O) groups excluding carboxylic acids is 1. The lowest BCUT2D eigenvalue weighted by atomic mass is 10.1. The van der Waals surface area contributed by atoms with Gasteiger partial charge in [-0.1, -0.05) is 28.6 Å². The summed E-state index contributed by atoms with van der Waals surface area (Å²) < 4.78 is 0.858. The molecule has 0 bridgehead atoms. The lowest BCUT2D eigenvalue weighted by molar-refractivity contribution is -0.128. The average molecular weight is 244 g/mol. The van der Waals surface area contributed by atoms with Crippen LogP contribution < -0.4 is 0 Å². The van der Waals surface area contributed by atoms with Crippen molar-refractivity contribution in [1.29, 1.82) is 0 Å². The van der Waals surface area contributed by atoms with Crippen LogP contribution >= 0.6 is 15.9 Å². The molecular formula is C10H14BrNO. The molecule has 0 N–H and O–H groups in total. The van der Waals surface area contributed by atoms with Crippen molar-refractivity contribution in [3.05, 3.63) is 23.7 Å². The van der Waals surface area contributed by atoms with E-state index in [0.717, 1.165) is 17.3 Å². The van der Waals surface area contributed by atoms with E-state index in [1.807, 2.05) is 11.0 Å². The number of likely N-dealkylation sites (tertiary alicyclic amines) is 1. The molecule has 72 valence electrons. The Kier molecular flexibility index (Phi) is 3.72. The summed E-state index contributed by atoms with van der Waals surface area (Å²) in [4.78, 5) is 13.3. The van der Waals surface area contributed by atoms with Gasteiger partial charge in [0.25, 0.3) is 0 Å². The molecule has 0 aliphatic carbocycles. The molecule has 1 heterocycles. The van der Waals surface area contributed by atoms with Crippen molar-refractivity contribution in [2.45, 2.75) is 25.3 Å². The van der Waals surface area contributed by atoms with Crippen LogP contribution in [0.15, 0.2) is 23.7 Å². The molecule has 0 spiro atoms. The van der Waals surface area contributed by atoms with Crippen molar-refractivity contribution in [1.82, 2.24) is 4.90 Å². The number of halogens is 1. The molecule has 1 aliphatic rings. The van der Waals surface area contributed by atoms with Crippen molar-refractivity contribution in [2.75, 3.05) is 6.54 Å². The molecule has 2 nitrogen and oxygen atoms in total. The second-order valence-corrected chi connectivity index (χ2v) is 4.38. The molecule has 0 aromatic carbocycles. The highest BCUT2D eigenvalue weighted by Gasteiger charge is 2.29. The van der Waals surface area contributed by atoms with E-state index in [1.54, 1.807) is 0 Å². The van der Waals surface area contributed by atoms with E-state index in [0.29, 0.717) is 19.0 Å². The van der Waals surface area contributed by atoms with Crippen LogP contribution in [-0.4, -0.2) is 23.4 Å². The van der Waals surface area contributed by atoms with Crippen molar-refractivity contribution in [2.24, 2.45) is 0 Å². The second-order valence-electron chi connectivity index (χ2n) is 3.26. The molecule has 0 radical (unpaired) electrons. The summed E-state index contributed by atoms with van der Waals surface area (Å²) in [5.41, 5.74) is 0. The molecule has 1 saturated heterocycles. The number of nitrogens with zero attached hydrogens (tertiary/aromatic N) is 1. The minimum Gasteiger partial charge on any atom is -0.335 e. The maximum absolute atomic E-state index is 11.4. The lowest BCUT2D eigenvalue weighted by Crippen LogP contribution is -2.33. The van der Waals surface area contributed by atoms with Gasteiger partial charge in [0.2, 0.25) is 5.91 Å². The molecule has 1 atom stereocenters. The van der Waals surface area contributed by atoms with E-state index in [-0.39, 0.29) is 5.91 Å². The highest BCUT2D eigenvalue weighted by atomic mass is 79.9. The van der Waals surface area contributed by atoms with Gasteiger partial charge in [0, 0.05) is 16.9 Å². The van der Waals surface area contributed by atoms with Gasteiger partial charge in [0.1, 0.15) is 0 Å². The largest absolute Gasteiger partial charge is 0.335 e. The van der Waals surface area contributed by atoms with Gasteiger partial charge in [-0.05, 0) is 12.8 Å². The monoisotopic (exact) mass is 243 g/mol. The van der Waals surface area contributed by atoms with Crippen molar-refractivity contribution >= 4 is 21.8 Å². The summed E-state index contributed by atoms with van der Waals surface area (Å²) in [5.74, 6) is 0.229. The summed E-state index contributed by atoms with van der Waals surface area (Å²) in [5, 5.41) is 0. The van der Waals surface area contributed by atoms with Gasteiger partial charge in [0.05, 0.1) is 6.54 Å². The van der Waals surface area contributed by atoms with Gasteiger partial charge in [-0.2, -0.15) is 0 Å². The van der Waals surface area contributed by atoms with E-state index in [4.69, 9.17) is 0 Å². The first-order valence-electron chi connectivity index (χ1n) is 4.38. The van der Waals surface area contributed by atoms with Crippen LogP contribution in [0.25, 0.3) is 0 Å². The van der Waals surface area contributed by atoms with Gasteiger partial charge >= 0.3 is 0 Å². The van der Waals surface area contributed by atoms with Crippen molar-refractivity contribution in [3.63, 3.8) is 0 Å². The van der Waals surface area contributed by atoms with Crippen LogP contribution in [0.1, 0.15) is 19.3 Å². The molecule has 3 heteroatoms. The number of carbonyl (C=O) groups is 1. The Balaban J connectivity index is 2.59. The van der Waals surface area contributed by atoms with Gasteiger partial charge in [-0.25, -0.2) is 0 Å². The molecular weight excluding hydrogens is 230 g/mol. The first-order chi connectivity index (χ1) is 6.15. The topological polar surface area (TPSA) is 20.3 Å². The predicted molar refractivity (Wildman–Crippen MR) is 57.6 cm³/mol. The Labute approximate surface area is 87.4 Å². The third-order valence-corrected chi connectivity index (χ3v) is 2.48. The Hall–Kier alpha value is -0.570. The molecule has 1 unspecified atom stereocenters. The first-order valence-corrected chi connectivity index (χ1v) is 5.18. The fourth-order valence-corrected chi connectivity index (χ4v) is 1.90. The average Bonchev–Trinajstić information content (AvgIpc) is 2.36. The number of hydrogen-bond acceptors (Lipinski definition) is 1. The first kappa shape index (κ1) is 10.5. The molecule has 1 fully saturated rings. The van der Waals surface area contributed by atoms with E-state index < -0.39 is 0 Å².